The summed E-state index contributed by atoms with van der Waals surface area (Å²) in [4.78, 5) is 31.2. The van der Waals surface area contributed by atoms with Gasteiger partial charge in [0.2, 0.25) is 0 Å². The second kappa shape index (κ2) is 7.17. The van der Waals surface area contributed by atoms with Crippen LogP contribution in [0.4, 0.5) is 11.4 Å². The number of hydrogen-bond donors (Lipinski definition) is 1. The molecule has 3 rings (SSSR count). The first-order valence-electron chi connectivity index (χ1n) is 8.26. The molecule has 0 aliphatic rings. The number of carbonyl (C=O) groups excluding carboxylic acids is 1. The van der Waals surface area contributed by atoms with Gasteiger partial charge in [-0.25, -0.2) is 4.98 Å². The van der Waals surface area contributed by atoms with Crippen molar-refractivity contribution in [3.05, 3.63) is 70.8 Å². The molecule has 0 fully saturated rings. The molecule has 0 saturated carbocycles. The quantitative estimate of drug-likeness (QED) is 0.778. The van der Waals surface area contributed by atoms with Crippen LogP contribution in [0, 0.1) is 0 Å². The third kappa shape index (κ3) is 3.38. The van der Waals surface area contributed by atoms with Crippen molar-refractivity contribution in [2.24, 2.45) is 0 Å². The number of rotatable bonds is 5. The molecule has 25 heavy (non-hydrogen) atoms. The van der Waals surface area contributed by atoms with E-state index in [2.05, 4.69) is 29.0 Å². The van der Waals surface area contributed by atoms with Crippen molar-refractivity contribution in [1.29, 1.82) is 0 Å². The van der Waals surface area contributed by atoms with Gasteiger partial charge in [0, 0.05) is 36.9 Å². The van der Waals surface area contributed by atoms with Gasteiger partial charge in [0.15, 0.2) is 0 Å². The van der Waals surface area contributed by atoms with Crippen LogP contribution in [0.15, 0.2) is 59.7 Å². The fourth-order valence-corrected chi connectivity index (χ4v) is 2.73. The van der Waals surface area contributed by atoms with Crippen molar-refractivity contribution in [1.82, 2.24) is 9.38 Å². The molecule has 0 unspecified atom stereocenters. The summed E-state index contributed by atoms with van der Waals surface area (Å²) in [7, 11) is 0. The third-order valence-electron chi connectivity index (χ3n) is 4.11. The van der Waals surface area contributed by atoms with E-state index in [1.54, 1.807) is 24.4 Å². The highest BCUT2D eigenvalue weighted by Crippen LogP contribution is 2.18. The molecule has 0 saturated heterocycles. The van der Waals surface area contributed by atoms with Gasteiger partial charge in [-0.3, -0.25) is 14.0 Å². The molecule has 0 radical (unpaired) electrons. The number of nitrogens with zero attached hydrogens (tertiary/aromatic N) is 3. The minimum absolute atomic E-state index is 0.0107. The molecule has 2 aromatic heterocycles. The van der Waals surface area contributed by atoms with Gasteiger partial charge in [-0.15, -0.1) is 0 Å². The van der Waals surface area contributed by atoms with E-state index in [0.717, 1.165) is 18.8 Å². The average Bonchev–Trinajstić information content (AvgIpc) is 2.64. The van der Waals surface area contributed by atoms with E-state index in [-0.39, 0.29) is 11.1 Å². The van der Waals surface area contributed by atoms with Gasteiger partial charge in [0.1, 0.15) is 11.2 Å². The molecular weight excluding hydrogens is 316 g/mol. The van der Waals surface area contributed by atoms with Crippen LogP contribution in [-0.2, 0) is 0 Å². The number of amides is 1. The van der Waals surface area contributed by atoms with Crippen LogP contribution in [0.5, 0.6) is 0 Å². The Labute approximate surface area is 145 Å². The first-order valence-corrected chi connectivity index (χ1v) is 8.26. The normalized spacial score (nSPS) is 10.6. The van der Waals surface area contributed by atoms with E-state index in [4.69, 9.17) is 0 Å². The van der Waals surface area contributed by atoms with Crippen molar-refractivity contribution in [2.75, 3.05) is 23.3 Å². The molecule has 6 heteroatoms. The zero-order chi connectivity index (χ0) is 17.8. The van der Waals surface area contributed by atoms with Crippen LogP contribution in [-0.4, -0.2) is 28.4 Å². The van der Waals surface area contributed by atoms with Gasteiger partial charge in [-0.1, -0.05) is 6.07 Å². The smallest absolute Gasteiger partial charge is 0.270 e. The molecule has 0 atom stereocenters. The number of aromatic nitrogens is 2. The van der Waals surface area contributed by atoms with E-state index in [0.29, 0.717) is 11.3 Å². The van der Waals surface area contributed by atoms with Gasteiger partial charge >= 0.3 is 0 Å². The summed E-state index contributed by atoms with van der Waals surface area (Å²) >= 11 is 0. The van der Waals surface area contributed by atoms with Gasteiger partial charge in [-0.2, -0.15) is 0 Å². The number of hydrogen-bond acceptors (Lipinski definition) is 4. The highest BCUT2D eigenvalue weighted by molar-refractivity contribution is 6.04. The largest absolute Gasteiger partial charge is 0.372 e. The van der Waals surface area contributed by atoms with E-state index in [1.165, 1.54) is 10.6 Å². The van der Waals surface area contributed by atoms with Crippen LogP contribution in [0.1, 0.15) is 24.2 Å². The summed E-state index contributed by atoms with van der Waals surface area (Å²) in [6.07, 6.45) is 2.91. The maximum absolute atomic E-state index is 12.4. The van der Waals surface area contributed by atoms with Gasteiger partial charge in [0.25, 0.3) is 11.5 Å². The summed E-state index contributed by atoms with van der Waals surface area (Å²) in [6.45, 7) is 6.03. The lowest BCUT2D eigenvalue weighted by Crippen LogP contribution is -2.26. The lowest BCUT2D eigenvalue weighted by molar-refractivity contribution is 0.102. The second-order valence-corrected chi connectivity index (χ2v) is 5.58. The molecule has 1 amide bonds. The van der Waals surface area contributed by atoms with E-state index in [1.807, 2.05) is 24.3 Å². The molecule has 0 bridgehead atoms. The van der Waals surface area contributed by atoms with Crippen LogP contribution < -0.4 is 15.8 Å². The maximum Gasteiger partial charge on any atom is 0.270 e. The highest BCUT2D eigenvalue weighted by Gasteiger charge is 2.13. The first kappa shape index (κ1) is 16.7. The Morgan fingerprint density at radius 1 is 1.12 bits per heavy atom. The van der Waals surface area contributed by atoms with E-state index < -0.39 is 5.91 Å². The highest BCUT2D eigenvalue weighted by atomic mass is 16.2. The molecule has 0 aliphatic heterocycles. The predicted octanol–water partition coefficient (Wildman–Crippen LogP) is 2.79. The van der Waals surface area contributed by atoms with Crippen molar-refractivity contribution >= 4 is 22.9 Å². The Hall–Kier alpha value is -3.15. The minimum Gasteiger partial charge on any atom is -0.372 e. The third-order valence-corrected chi connectivity index (χ3v) is 4.11. The van der Waals surface area contributed by atoms with Gasteiger partial charge < -0.3 is 10.2 Å². The molecule has 1 N–H and O–H groups in total. The molecule has 3 aromatic rings. The predicted molar refractivity (Wildman–Crippen MR) is 99.4 cm³/mol. The Balaban J connectivity index is 1.83. The molecule has 2 heterocycles. The molecule has 1 aromatic carbocycles. The SMILES string of the molecule is CCN(CC)c1ccc(NC(=O)c2cnc3ccccn3c2=O)cc1. The zero-order valence-corrected chi connectivity index (χ0v) is 14.3. The number of anilines is 2. The van der Waals surface area contributed by atoms with Crippen LogP contribution >= 0.6 is 0 Å². The topological polar surface area (TPSA) is 66.7 Å². The zero-order valence-electron chi connectivity index (χ0n) is 14.3. The Kier molecular flexibility index (Phi) is 4.79. The van der Waals surface area contributed by atoms with Gasteiger partial charge in [0.05, 0.1) is 0 Å². The summed E-state index contributed by atoms with van der Waals surface area (Å²) in [5.41, 5.74) is 1.86. The standard InChI is InChI=1S/C19H20N4O2/c1-3-22(4-2)15-10-8-14(9-11-15)21-18(24)16-13-20-17-7-5-6-12-23(17)19(16)25/h5-13H,3-4H2,1-2H3,(H,21,24). The number of fused-ring (bicyclic) bond motifs is 1. The minimum atomic E-state index is -0.466. The average molecular weight is 336 g/mol. The number of pyridine rings is 1. The fourth-order valence-electron chi connectivity index (χ4n) is 2.73. The fraction of sp³-hybridized carbons (Fsp3) is 0.211. The summed E-state index contributed by atoms with van der Waals surface area (Å²) in [6, 6.07) is 12.8. The van der Waals surface area contributed by atoms with Crippen molar-refractivity contribution < 1.29 is 4.79 Å². The van der Waals surface area contributed by atoms with Crippen LogP contribution in [0.25, 0.3) is 5.65 Å². The van der Waals surface area contributed by atoms with Crippen molar-refractivity contribution in [2.45, 2.75) is 13.8 Å². The molecule has 6 nitrogen and oxygen atoms in total. The number of nitrogens with one attached hydrogen (secondary N) is 1. The Morgan fingerprint density at radius 2 is 1.84 bits per heavy atom. The lowest BCUT2D eigenvalue weighted by Gasteiger charge is -2.21. The van der Waals surface area contributed by atoms with Crippen molar-refractivity contribution in [3.8, 4) is 0 Å². The molecule has 0 spiro atoms. The molecular formula is C19H20N4O2. The maximum atomic E-state index is 12.4. The molecule has 0 aliphatic carbocycles. The Morgan fingerprint density at radius 3 is 2.52 bits per heavy atom. The number of benzene rings is 1. The second-order valence-electron chi connectivity index (χ2n) is 5.58. The van der Waals surface area contributed by atoms with Crippen LogP contribution in [0.2, 0.25) is 0 Å². The monoisotopic (exact) mass is 336 g/mol. The van der Waals surface area contributed by atoms with E-state index in [9.17, 15) is 9.59 Å². The number of carbonyl (C=O) groups is 1. The first-order chi connectivity index (χ1) is 12.1. The summed E-state index contributed by atoms with van der Waals surface area (Å²) in [5, 5.41) is 2.76. The summed E-state index contributed by atoms with van der Waals surface area (Å²) < 4.78 is 1.36. The van der Waals surface area contributed by atoms with Crippen LogP contribution in [0.3, 0.4) is 0 Å². The molecule has 128 valence electrons. The van der Waals surface area contributed by atoms with Gasteiger partial charge in [-0.05, 0) is 50.2 Å². The summed E-state index contributed by atoms with van der Waals surface area (Å²) in [5.74, 6) is -0.466. The lowest BCUT2D eigenvalue weighted by atomic mass is 10.2. The van der Waals surface area contributed by atoms with E-state index >= 15 is 0 Å². The Bertz CT molecular complexity index is 944. The van der Waals surface area contributed by atoms with Crippen molar-refractivity contribution in [3.63, 3.8) is 0 Å².